The van der Waals surface area contributed by atoms with Gasteiger partial charge in [-0.1, -0.05) is 0 Å². The fourth-order valence-electron chi connectivity index (χ4n) is 0. The molecular weight excluding hydrogens is 209 g/mol. The van der Waals surface area contributed by atoms with Gasteiger partial charge in [-0.3, -0.25) is 0 Å². The molecule has 0 saturated carbocycles. The molecule has 1 unspecified atom stereocenters. The number of rotatable bonds is 0. The van der Waals surface area contributed by atoms with E-state index in [1.54, 1.807) is 0 Å². The zero-order chi connectivity index (χ0) is 3.58. The molecule has 0 bridgehead atoms. The molecule has 0 saturated heterocycles. The van der Waals surface area contributed by atoms with Gasteiger partial charge in [0.2, 0.25) is 0 Å². The van der Waals surface area contributed by atoms with Crippen LogP contribution < -0.4 is 0 Å². The Morgan fingerprint density at radius 3 is 1.80 bits per heavy atom. The van der Waals surface area contributed by atoms with E-state index in [4.69, 9.17) is 8.76 Å². The summed E-state index contributed by atoms with van der Waals surface area (Å²) in [6, 6.07) is 0. The average molecular weight is 211 g/mol. The largest absolute Gasteiger partial charge is 0.308 e. The maximum atomic E-state index is 8.96. The molecule has 0 amide bonds. The van der Waals surface area contributed by atoms with E-state index in [9.17, 15) is 0 Å². The van der Waals surface area contributed by atoms with Gasteiger partial charge >= 0.3 is 0 Å². The Balaban J connectivity index is 0. The van der Waals surface area contributed by atoms with Crippen LogP contribution in [-0.4, -0.2) is 8.76 Å². The third-order valence-corrected chi connectivity index (χ3v) is 0. The Morgan fingerprint density at radius 2 is 1.80 bits per heavy atom. The van der Waals surface area contributed by atoms with E-state index in [-0.39, 0.29) is 27.3 Å². The molecule has 0 aromatic carbocycles. The fourth-order valence-corrected chi connectivity index (χ4v) is 0. The van der Waals surface area contributed by atoms with Crippen molar-refractivity contribution >= 4 is 20.8 Å². The van der Waals surface area contributed by atoms with Crippen molar-refractivity contribution in [3.05, 3.63) is 0 Å². The quantitative estimate of drug-likeness (QED) is 0.414. The normalized spacial score (nSPS) is 12.2. The van der Waals surface area contributed by atoms with Crippen LogP contribution in [-0.2, 0) is 48.1 Å². The maximum Gasteiger partial charge on any atom is 0.130 e. The van der Waals surface area contributed by atoms with Crippen molar-refractivity contribution in [2.75, 3.05) is 0 Å². The first-order valence-corrected chi connectivity index (χ1v) is 2.79. The molecule has 2 nitrogen and oxygen atoms in total. The van der Waals surface area contributed by atoms with E-state index >= 15 is 0 Å². The van der Waals surface area contributed by atoms with Gasteiger partial charge in [0.25, 0.3) is 0 Å². The van der Waals surface area contributed by atoms with Crippen LogP contribution >= 0.6 is 0 Å². The van der Waals surface area contributed by atoms with Gasteiger partial charge in [0.15, 0.2) is 0 Å². The number of thiol groups is 1. The van der Waals surface area contributed by atoms with Gasteiger partial charge < -0.3 is 4.55 Å². The van der Waals surface area contributed by atoms with Crippen LogP contribution in [0.2, 0.25) is 0 Å². The summed E-state index contributed by atoms with van der Waals surface area (Å²) in [7, 11) is -2.29. The first-order chi connectivity index (χ1) is 1.73. The van der Waals surface area contributed by atoms with Crippen LogP contribution in [0.15, 0.2) is 0 Å². The van der Waals surface area contributed by atoms with Gasteiger partial charge in [0.1, 0.15) is 9.64 Å². The standard InChI is InChI=1S/Cd.H2O2S2/c;1-4(2)3/h;4H,(H,1,2,3). The molecule has 0 aromatic heterocycles. The third-order valence-electron chi connectivity index (χ3n) is 0. The van der Waals surface area contributed by atoms with Gasteiger partial charge in [-0.05, 0) is 0 Å². The Bertz CT molecular complexity index is 56.0. The second-order valence-electron chi connectivity index (χ2n) is 0.238. The van der Waals surface area contributed by atoms with E-state index in [1.165, 1.54) is 0 Å². The van der Waals surface area contributed by atoms with Gasteiger partial charge in [-0.15, -0.1) is 0 Å². The van der Waals surface area contributed by atoms with Crippen LogP contribution in [0.4, 0.5) is 0 Å². The molecule has 0 aromatic rings. The summed E-state index contributed by atoms with van der Waals surface area (Å²) in [5.74, 6) is 0. The van der Waals surface area contributed by atoms with Crippen LogP contribution in [0, 0.1) is 0 Å². The molecule has 5 heteroatoms. The van der Waals surface area contributed by atoms with E-state index in [2.05, 4.69) is 11.2 Å². The monoisotopic (exact) mass is 212 g/mol. The van der Waals surface area contributed by atoms with E-state index in [1.807, 2.05) is 0 Å². The minimum absolute atomic E-state index is 0. The van der Waals surface area contributed by atoms with Crippen molar-refractivity contribution in [2.45, 2.75) is 0 Å². The molecule has 1 atom stereocenters. The summed E-state index contributed by atoms with van der Waals surface area (Å²) in [6.45, 7) is 0. The third kappa shape index (κ3) is 35.4. The molecule has 28 valence electrons. The zero-order valence-electron chi connectivity index (χ0n) is 2.42. The topological polar surface area (TPSA) is 37.3 Å². The SMILES string of the molecule is O=[SH](O)=S.[Cd]. The summed E-state index contributed by atoms with van der Waals surface area (Å²) >= 11 is 3.69. The minimum atomic E-state index is -2.29. The summed E-state index contributed by atoms with van der Waals surface area (Å²) in [5, 5.41) is 0. The van der Waals surface area contributed by atoms with Crippen LogP contribution in [0.3, 0.4) is 0 Å². The van der Waals surface area contributed by atoms with Crippen LogP contribution in [0.1, 0.15) is 0 Å². The summed E-state index contributed by atoms with van der Waals surface area (Å²) in [4.78, 5) is 0. The molecule has 0 radical (unpaired) electrons. The van der Waals surface area contributed by atoms with Crippen molar-refractivity contribution < 1.29 is 36.1 Å². The second kappa shape index (κ2) is 5.25. The first kappa shape index (κ1) is 9.54. The van der Waals surface area contributed by atoms with Gasteiger partial charge in [-0.2, -0.15) is 0 Å². The number of hydrogen-bond acceptors (Lipinski definition) is 2. The summed E-state index contributed by atoms with van der Waals surface area (Å²) < 4.78 is 16.3. The molecule has 0 heterocycles. The van der Waals surface area contributed by atoms with E-state index < -0.39 is 9.64 Å². The van der Waals surface area contributed by atoms with Gasteiger partial charge in [0, 0.05) is 38.5 Å². The van der Waals surface area contributed by atoms with Crippen molar-refractivity contribution in [3.63, 3.8) is 0 Å². The van der Waals surface area contributed by atoms with E-state index in [0.717, 1.165) is 0 Å². The van der Waals surface area contributed by atoms with E-state index in [0.29, 0.717) is 0 Å². The van der Waals surface area contributed by atoms with Crippen molar-refractivity contribution in [3.8, 4) is 0 Å². The number of hydrogen-bond donors (Lipinski definition) is 2. The summed E-state index contributed by atoms with van der Waals surface area (Å²) in [6.07, 6.45) is 0. The maximum absolute atomic E-state index is 8.96. The van der Waals surface area contributed by atoms with Crippen molar-refractivity contribution in [1.29, 1.82) is 0 Å². The minimum Gasteiger partial charge on any atom is -0.308 e. The predicted molar refractivity (Wildman–Crippen MR) is 19.5 cm³/mol. The van der Waals surface area contributed by atoms with Crippen molar-refractivity contribution in [1.82, 2.24) is 0 Å². The van der Waals surface area contributed by atoms with Gasteiger partial charge in [-0.25, -0.2) is 4.21 Å². The molecule has 0 fully saturated rings. The fraction of sp³-hybridized carbons (Fsp3) is 0. The van der Waals surface area contributed by atoms with Crippen LogP contribution in [0.25, 0.3) is 0 Å². The molecule has 5 heavy (non-hydrogen) atoms. The molecule has 0 aliphatic heterocycles. The first-order valence-electron chi connectivity index (χ1n) is 0.565. The average Bonchev–Trinajstić information content (AvgIpc) is 0.811. The van der Waals surface area contributed by atoms with Gasteiger partial charge in [0.05, 0.1) is 0 Å². The predicted octanol–water partition coefficient (Wildman–Crippen LogP) is -0.600. The molecular formula is H2CdO2S2. The van der Waals surface area contributed by atoms with Crippen molar-refractivity contribution in [2.24, 2.45) is 0 Å². The smallest absolute Gasteiger partial charge is 0.130 e. The molecule has 1 N–H and O–H groups in total. The molecule has 0 rings (SSSR count). The Kier molecular flexibility index (Phi) is 10.0. The molecule has 0 aliphatic carbocycles. The van der Waals surface area contributed by atoms with Crippen LogP contribution in [0.5, 0.6) is 0 Å². The Hall–Kier alpha value is 1.25. The Labute approximate surface area is 56.6 Å². The molecule has 0 aliphatic rings. The second-order valence-corrected chi connectivity index (χ2v) is 1.65. The summed E-state index contributed by atoms with van der Waals surface area (Å²) in [5.41, 5.74) is 0. The molecule has 0 spiro atoms. The Morgan fingerprint density at radius 1 is 1.80 bits per heavy atom. The zero-order valence-corrected chi connectivity index (χ0v) is 8.17.